The highest BCUT2D eigenvalue weighted by Gasteiger charge is 2.34. The highest BCUT2D eigenvalue weighted by Crippen LogP contribution is 2.12. The van der Waals surface area contributed by atoms with Crippen LogP contribution in [0.5, 0.6) is 0 Å². The molecule has 1 aliphatic rings. The van der Waals surface area contributed by atoms with E-state index in [0.29, 0.717) is 19.5 Å². The second kappa shape index (κ2) is 5.41. The van der Waals surface area contributed by atoms with Crippen LogP contribution in [0.2, 0.25) is 0 Å². The molecule has 6 heteroatoms. The average molecular weight is 225 g/mol. The first-order valence-electron chi connectivity index (χ1n) is 5.14. The molecule has 0 aromatic carbocycles. The monoisotopic (exact) mass is 225 g/mol. The Balaban J connectivity index is 2.70. The van der Waals surface area contributed by atoms with Crippen molar-refractivity contribution >= 4 is 17.7 Å². The van der Waals surface area contributed by atoms with E-state index in [1.807, 2.05) is 0 Å². The molecule has 0 saturated heterocycles. The fourth-order valence-electron chi connectivity index (χ4n) is 1.52. The van der Waals surface area contributed by atoms with Crippen LogP contribution in [0, 0.1) is 0 Å². The highest BCUT2D eigenvalue weighted by atomic mass is 16.2. The first-order valence-corrected chi connectivity index (χ1v) is 5.14. The molecule has 3 N–H and O–H groups in total. The zero-order valence-electron chi connectivity index (χ0n) is 9.10. The molecule has 0 aromatic heterocycles. The van der Waals surface area contributed by atoms with E-state index in [0.717, 1.165) is 4.90 Å². The number of carbonyl (C=O) groups excluding carboxylic acids is 3. The maximum Gasteiger partial charge on any atom is 0.254 e. The summed E-state index contributed by atoms with van der Waals surface area (Å²) in [5.74, 6) is -1.24. The number of amides is 3. The second-order valence-corrected chi connectivity index (χ2v) is 3.38. The van der Waals surface area contributed by atoms with Crippen LogP contribution in [0.3, 0.4) is 0 Å². The van der Waals surface area contributed by atoms with Gasteiger partial charge in [0.2, 0.25) is 5.91 Å². The van der Waals surface area contributed by atoms with Gasteiger partial charge in [-0.3, -0.25) is 19.3 Å². The van der Waals surface area contributed by atoms with Crippen molar-refractivity contribution in [2.24, 2.45) is 5.73 Å². The normalized spacial score (nSPS) is 16.8. The standard InChI is InChI=1S/C10H15N3O3/c1-2-7(10(16)12-6-5-11)13-8(14)3-4-9(13)15/h3-4,7H,2,5-6,11H2,1H3,(H,12,16). The Labute approximate surface area is 93.5 Å². The van der Waals surface area contributed by atoms with E-state index >= 15 is 0 Å². The molecule has 0 bridgehead atoms. The zero-order valence-corrected chi connectivity index (χ0v) is 9.10. The van der Waals surface area contributed by atoms with Crippen molar-refractivity contribution in [2.45, 2.75) is 19.4 Å². The molecule has 1 aliphatic heterocycles. The minimum absolute atomic E-state index is 0.322. The van der Waals surface area contributed by atoms with Gasteiger partial charge in [0.15, 0.2) is 0 Å². The Kier molecular flexibility index (Phi) is 4.19. The van der Waals surface area contributed by atoms with Gasteiger partial charge in [-0.15, -0.1) is 0 Å². The molecule has 0 aromatic rings. The van der Waals surface area contributed by atoms with Crippen LogP contribution >= 0.6 is 0 Å². The molecule has 0 radical (unpaired) electrons. The van der Waals surface area contributed by atoms with Crippen LogP contribution < -0.4 is 11.1 Å². The molecule has 6 nitrogen and oxygen atoms in total. The lowest BCUT2D eigenvalue weighted by atomic mass is 10.2. The average Bonchev–Trinajstić information content (AvgIpc) is 2.59. The van der Waals surface area contributed by atoms with Gasteiger partial charge in [0.1, 0.15) is 6.04 Å². The van der Waals surface area contributed by atoms with Crippen LogP contribution in [0.1, 0.15) is 13.3 Å². The number of imide groups is 1. The highest BCUT2D eigenvalue weighted by molar-refractivity contribution is 6.15. The van der Waals surface area contributed by atoms with Crippen molar-refractivity contribution in [1.29, 1.82) is 0 Å². The van der Waals surface area contributed by atoms with Gasteiger partial charge in [0, 0.05) is 25.2 Å². The predicted molar refractivity (Wildman–Crippen MR) is 57.1 cm³/mol. The van der Waals surface area contributed by atoms with Crippen LogP contribution in [0.15, 0.2) is 12.2 Å². The molecule has 0 saturated carbocycles. The van der Waals surface area contributed by atoms with E-state index in [9.17, 15) is 14.4 Å². The number of nitrogens with one attached hydrogen (secondary N) is 1. The van der Waals surface area contributed by atoms with Gasteiger partial charge in [0.05, 0.1) is 0 Å². The van der Waals surface area contributed by atoms with E-state index in [2.05, 4.69) is 5.32 Å². The summed E-state index contributed by atoms with van der Waals surface area (Å²) in [4.78, 5) is 35.4. The van der Waals surface area contributed by atoms with Gasteiger partial charge in [-0.05, 0) is 6.42 Å². The van der Waals surface area contributed by atoms with Gasteiger partial charge < -0.3 is 11.1 Å². The quantitative estimate of drug-likeness (QED) is 0.573. The molecule has 16 heavy (non-hydrogen) atoms. The molecular formula is C10H15N3O3. The van der Waals surface area contributed by atoms with Crippen molar-refractivity contribution in [3.63, 3.8) is 0 Å². The van der Waals surface area contributed by atoms with Gasteiger partial charge >= 0.3 is 0 Å². The van der Waals surface area contributed by atoms with E-state index in [4.69, 9.17) is 5.73 Å². The first kappa shape index (κ1) is 12.4. The van der Waals surface area contributed by atoms with Crippen molar-refractivity contribution in [2.75, 3.05) is 13.1 Å². The van der Waals surface area contributed by atoms with Crippen LogP contribution in [0.4, 0.5) is 0 Å². The summed E-state index contributed by atoms with van der Waals surface area (Å²) in [6, 6.07) is -0.749. The molecule has 1 heterocycles. The number of rotatable bonds is 5. The maximum absolute atomic E-state index is 11.7. The minimum atomic E-state index is -0.749. The van der Waals surface area contributed by atoms with Gasteiger partial charge in [-0.2, -0.15) is 0 Å². The summed E-state index contributed by atoms with van der Waals surface area (Å²) in [7, 11) is 0. The number of hydrogen-bond donors (Lipinski definition) is 2. The number of hydrogen-bond acceptors (Lipinski definition) is 4. The Hall–Kier alpha value is -1.69. The lowest BCUT2D eigenvalue weighted by Crippen LogP contribution is -2.50. The van der Waals surface area contributed by atoms with Crippen LogP contribution in [-0.4, -0.2) is 41.8 Å². The molecule has 0 fully saturated rings. The summed E-state index contributed by atoms with van der Waals surface area (Å²) < 4.78 is 0. The topological polar surface area (TPSA) is 92.5 Å². The minimum Gasteiger partial charge on any atom is -0.353 e. The lowest BCUT2D eigenvalue weighted by molar-refractivity contribution is -0.145. The number of nitrogens with two attached hydrogens (primary N) is 1. The lowest BCUT2D eigenvalue weighted by Gasteiger charge is -2.23. The van der Waals surface area contributed by atoms with E-state index in [-0.39, 0.29) is 5.91 Å². The van der Waals surface area contributed by atoms with E-state index in [1.165, 1.54) is 12.2 Å². The number of nitrogens with zero attached hydrogens (tertiary/aromatic N) is 1. The first-order chi connectivity index (χ1) is 7.61. The van der Waals surface area contributed by atoms with Crippen molar-refractivity contribution in [1.82, 2.24) is 10.2 Å². The largest absolute Gasteiger partial charge is 0.353 e. The Morgan fingerprint density at radius 1 is 1.44 bits per heavy atom. The fraction of sp³-hybridized carbons (Fsp3) is 0.500. The Bertz CT molecular complexity index is 320. The SMILES string of the molecule is CCC(C(=O)NCCN)N1C(=O)C=CC1=O. The molecule has 1 atom stereocenters. The van der Waals surface area contributed by atoms with Gasteiger partial charge in [-0.25, -0.2) is 0 Å². The third kappa shape index (κ3) is 2.46. The molecule has 0 aliphatic carbocycles. The van der Waals surface area contributed by atoms with Crippen molar-refractivity contribution in [3.8, 4) is 0 Å². The third-order valence-electron chi connectivity index (χ3n) is 2.29. The molecule has 88 valence electrons. The van der Waals surface area contributed by atoms with Gasteiger partial charge in [-0.1, -0.05) is 6.92 Å². The van der Waals surface area contributed by atoms with Gasteiger partial charge in [0.25, 0.3) is 11.8 Å². The van der Waals surface area contributed by atoms with Crippen molar-refractivity contribution < 1.29 is 14.4 Å². The Morgan fingerprint density at radius 2 is 2.00 bits per heavy atom. The third-order valence-corrected chi connectivity index (χ3v) is 2.29. The smallest absolute Gasteiger partial charge is 0.254 e. The summed E-state index contributed by atoms with van der Waals surface area (Å²) in [5.41, 5.74) is 5.25. The molecule has 0 spiro atoms. The Morgan fingerprint density at radius 3 is 2.44 bits per heavy atom. The summed E-state index contributed by atoms with van der Waals surface area (Å²) in [5, 5.41) is 2.56. The number of carbonyl (C=O) groups is 3. The predicted octanol–water partition coefficient (Wildman–Crippen LogP) is -1.24. The molecular weight excluding hydrogens is 210 g/mol. The second-order valence-electron chi connectivity index (χ2n) is 3.38. The summed E-state index contributed by atoms with van der Waals surface area (Å²) in [6.07, 6.45) is 2.72. The summed E-state index contributed by atoms with van der Waals surface area (Å²) in [6.45, 7) is 2.40. The maximum atomic E-state index is 11.7. The fourth-order valence-corrected chi connectivity index (χ4v) is 1.52. The zero-order chi connectivity index (χ0) is 12.1. The molecule has 1 rings (SSSR count). The molecule has 1 unspecified atom stereocenters. The van der Waals surface area contributed by atoms with E-state index < -0.39 is 17.9 Å². The van der Waals surface area contributed by atoms with E-state index in [1.54, 1.807) is 6.92 Å². The van der Waals surface area contributed by atoms with Crippen LogP contribution in [0.25, 0.3) is 0 Å². The summed E-state index contributed by atoms with van der Waals surface area (Å²) >= 11 is 0. The van der Waals surface area contributed by atoms with Crippen LogP contribution in [-0.2, 0) is 14.4 Å². The molecule has 3 amide bonds. The van der Waals surface area contributed by atoms with Crippen molar-refractivity contribution in [3.05, 3.63) is 12.2 Å².